The number of rotatable bonds is 3. The highest BCUT2D eigenvalue weighted by Gasteiger charge is 2.15. The molecule has 0 bridgehead atoms. The van der Waals surface area contributed by atoms with Crippen molar-refractivity contribution in [3.63, 3.8) is 0 Å². The summed E-state index contributed by atoms with van der Waals surface area (Å²) in [5.74, 6) is 0.119. The number of benzene rings is 2. The maximum atomic E-state index is 12.3. The molecule has 0 saturated carbocycles. The lowest BCUT2D eigenvalue weighted by atomic mass is 10.0. The number of fused-ring (bicyclic) bond motifs is 3. The molecule has 118 valence electrons. The molecule has 0 aliphatic heterocycles. The molecule has 4 aromatic rings. The molecule has 5 heteroatoms. The van der Waals surface area contributed by atoms with Crippen molar-refractivity contribution in [3.05, 3.63) is 82.6 Å². The van der Waals surface area contributed by atoms with Crippen LogP contribution in [0.4, 0.5) is 0 Å². The smallest absolute Gasteiger partial charge is 0.349 e. The second-order valence-electron chi connectivity index (χ2n) is 5.41. The third-order valence-corrected chi connectivity index (χ3v) is 3.89. The number of carbonyl (C=O) groups excluding carboxylic acids is 1. The molecular formula is C19H13NO4. The number of furan rings is 1. The van der Waals surface area contributed by atoms with Crippen LogP contribution in [0.25, 0.3) is 21.7 Å². The fourth-order valence-corrected chi connectivity index (χ4v) is 2.71. The standard InChI is InChI=1S/C19H13NO4/c21-18(20-11-13-5-3-9-23-13)16-10-15-14-6-2-1-4-12(14)7-8-17(15)24-19(16)22/h1-10H,11H2,(H,20,21). The molecule has 1 amide bonds. The van der Waals surface area contributed by atoms with E-state index in [-0.39, 0.29) is 12.1 Å². The average Bonchev–Trinajstić information content (AvgIpc) is 3.12. The van der Waals surface area contributed by atoms with Crippen LogP contribution in [0.2, 0.25) is 0 Å². The second kappa shape index (κ2) is 5.70. The summed E-state index contributed by atoms with van der Waals surface area (Å²) in [6, 6.07) is 16.4. The quantitative estimate of drug-likeness (QED) is 0.463. The Labute approximate surface area is 136 Å². The predicted octanol–water partition coefficient (Wildman–Crippen LogP) is 3.47. The zero-order chi connectivity index (χ0) is 16.5. The molecule has 0 fully saturated rings. The SMILES string of the molecule is O=C(NCc1ccco1)c1cc2c(ccc3ccccc32)oc1=O. The van der Waals surface area contributed by atoms with Crippen molar-refractivity contribution in [2.24, 2.45) is 0 Å². The van der Waals surface area contributed by atoms with E-state index in [4.69, 9.17) is 8.83 Å². The molecule has 4 rings (SSSR count). The third-order valence-electron chi connectivity index (χ3n) is 3.89. The number of nitrogens with one attached hydrogen (secondary N) is 1. The molecule has 0 spiro atoms. The summed E-state index contributed by atoms with van der Waals surface area (Å²) >= 11 is 0. The van der Waals surface area contributed by atoms with E-state index in [1.54, 1.807) is 24.3 Å². The topological polar surface area (TPSA) is 72.5 Å². The second-order valence-corrected chi connectivity index (χ2v) is 5.41. The van der Waals surface area contributed by atoms with Gasteiger partial charge in [-0.25, -0.2) is 4.79 Å². The molecule has 0 unspecified atom stereocenters. The van der Waals surface area contributed by atoms with Gasteiger partial charge in [0.2, 0.25) is 0 Å². The van der Waals surface area contributed by atoms with Crippen molar-refractivity contribution >= 4 is 27.6 Å². The molecule has 0 aliphatic rings. The summed E-state index contributed by atoms with van der Waals surface area (Å²) in [5.41, 5.74) is -0.221. The highest BCUT2D eigenvalue weighted by molar-refractivity contribution is 6.07. The highest BCUT2D eigenvalue weighted by atomic mass is 16.4. The van der Waals surface area contributed by atoms with Gasteiger partial charge in [-0.15, -0.1) is 0 Å². The number of carbonyl (C=O) groups is 1. The largest absolute Gasteiger partial charge is 0.467 e. The van der Waals surface area contributed by atoms with Gasteiger partial charge in [-0.1, -0.05) is 30.3 Å². The van der Waals surface area contributed by atoms with Crippen LogP contribution in [-0.4, -0.2) is 5.91 Å². The van der Waals surface area contributed by atoms with Gasteiger partial charge in [0, 0.05) is 5.39 Å². The van der Waals surface area contributed by atoms with E-state index >= 15 is 0 Å². The van der Waals surface area contributed by atoms with Gasteiger partial charge in [0.1, 0.15) is 16.9 Å². The summed E-state index contributed by atoms with van der Waals surface area (Å²) in [5, 5.41) is 5.34. The molecule has 1 N–H and O–H groups in total. The zero-order valence-electron chi connectivity index (χ0n) is 12.6. The summed E-state index contributed by atoms with van der Waals surface area (Å²) < 4.78 is 10.5. The van der Waals surface area contributed by atoms with Gasteiger partial charge in [-0.3, -0.25) is 4.79 Å². The fraction of sp³-hybridized carbons (Fsp3) is 0.0526. The van der Waals surface area contributed by atoms with Crippen LogP contribution < -0.4 is 10.9 Å². The number of hydrogen-bond acceptors (Lipinski definition) is 4. The van der Waals surface area contributed by atoms with Gasteiger partial charge in [-0.05, 0) is 35.0 Å². The Morgan fingerprint density at radius 2 is 1.88 bits per heavy atom. The summed E-state index contributed by atoms with van der Waals surface area (Å²) in [6.07, 6.45) is 1.53. The third kappa shape index (κ3) is 2.46. The summed E-state index contributed by atoms with van der Waals surface area (Å²) in [7, 11) is 0. The Hall–Kier alpha value is -3.34. The van der Waals surface area contributed by atoms with E-state index in [0.29, 0.717) is 11.3 Å². The van der Waals surface area contributed by atoms with Crippen LogP contribution in [0, 0.1) is 0 Å². The lowest BCUT2D eigenvalue weighted by molar-refractivity contribution is 0.0944. The first-order chi connectivity index (χ1) is 11.7. The van der Waals surface area contributed by atoms with Gasteiger partial charge in [0.25, 0.3) is 5.91 Å². The summed E-state index contributed by atoms with van der Waals surface area (Å²) in [6.45, 7) is 0.207. The van der Waals surface area contributed by atoms with E-state index in [0.717, 1.165) is 16.2 Å². The lowest BCUT2D eigenvalue weighted by Crippen LogP contribution is -2.27. The molecule has 0 saturated heterocycles. The average molecular weight is 319 g/mol. The van der Waals surface area contributed by atoms with Gasteiger partial charge in [-0.2, -0.15) is 0 Å². The first kappa shape index (κ1) is 14.3. The maximum absolute atomic E-state index is 12.3. The monoisotopic (exact) mass is 319 g/mol. The van der Waals surface area contributed by atoms with Crippen LogP contribution in [0.15, 0.2) is 74.5 Å². The Morgan fingerprint density at radius 3 is 2.71 bits per heavy atom. The van der Waals surface area contributed by atoms with Gasteiger partial charge < -0.3 is 14.2 Å². The molecule has 2 aromatic heterocycles. The van der Waals surface area contributed by atoms with E-state index < -0.39 is 11.5 Å². The van der Waals surface area contributed by atoms with Gasteiger partial charge in [0.15, 0.2) is 0 Å². The fourth-order valence-electron chi connectivity index (χ4n) is 2.71. The van der Waals surface area contributed by atoms with E-state index in [1.165, 1.54) is 6.26 Å². The minimum Gasteiger partial charge on any atom is -0.467 e. The number of amides is 1. The Bertz CT molecular complexity index is 1090. The molecular weight excluding hydrogens is 306 g/mol. The van der Waals surface area contributed by atoms with Crippen LogP contribution in [0.3, 0.4) is 0 Å². The van der Waals surface area contributed by atoms with E-state index in [2.05, 4.69) is 5.32 Å². The first-order valence-corrected chi connectivity index (χ1v) is 7.48. The minimum absolute atomic E-state index is 0.0228. The zero-order valence-corrected chi connectivity index (χ0v) is 12.6. The van der Waals surface area contributed by atoms with Crippen LogP contribution in [-0.2, 0) is 6.54 Å². The van der Waals surface area contributed by atoms with E-state index in [1.807, 2.05) is 30.3 Å². The van der Waals surface area contributed by atoms with Crippen molar-refractivity contribution in [1.82, 2.24) is 5.32 Å². The first-order valence-electron chi connectivity index (χ1n) is 7.48. The van der Waals surface area contributed by atoms with Gasteiger partial charge >= 0.3 is 5.63 Å². The molecule has 2 heterocycles. The predicted molar refractivity (Wildman–Crippen MR) is 89.9 cm³/mol. The highest BCUT2D eigenvalue weighted by Crippen LogP contribution is 2.24. The molecule has 0 atom stereocenters. The van der Waals surface area contributed by atoms with Crippen molar-refractivity contribution in [1.29, 1.82) is 0 Å². The van der Waals surface area contributed by atoms with Crippen molar-refractivity contribution in [2.45, 2.75) is 6.54 Å². The van der Waals surface area contributed by atoms with Crippen LogP contribution in [0.5, 0.6) is 0 Å². The minimum atomic E-state index is -0.658. The lowest BCUT2D eigenvalue weighted by Gasteiger charge is -2.06. The molecule has 2 aromatic carbocycles. The summed E-state index contributed by atoms with van der Waals surface area (Å²) in [4.78, 5) is 24.4. The number of hydrogen-bond donors (Lipinski definition) is 1. The maximum Gasteiger partial charge on any atom is 0.349 e. The normalized spacial score (nSPS) is 11.0. The molecule has 24 heavy (non-hydrogen) atoms. The van der Waals surface area contributed by atoms with Crippen molar-refractivity contribution in [2.75, 3.05) is 0 Å². The van der Waals surface area contributed by atoms with E-state index in [9.17, 15) is 9.59 Å². The van der Waals surface area contributed by atoms with Gasteiger partial charge in [0.05, 0.1) is 12.8 Å². The van der Waals surface area contributed by atoms with Crippen LogP contribution in [0.1, 0.15) is 16.1 Å². The van der Waals surface area contributed by atoms with Crippen molar-refractivity contribution < 1.29 is 13.6 Å². The Balaban J connectivity index is 1.77. The van der Waals surface area contributed by atoms with Crippen LogP contribution >= 0.6 is 0 Å². The van der Waals surface area contributed by atoms with Crippen molar-refractivity contribution in [3.8, 4) is 0 Å². The Morgan fingerprint density at radius 1 is 1.00 bits per heavy atom. The molecule has 5 nitrogen and oxygen atoms in total. The Kier molecular flexibility index (Phi) is 3.39. The molecule has 0 aliphatic carbocycles. The molecule has 0 radical (unpaired) electrons.